The van der Waals surface area contributed by atoms with E-state index in [1.807, 2.05) is 59.5 Å². The third-order valence-electron chi connectivity index (χ3n) is 3.88. The molecule has 0 bridgehead atoms. The molecule has 23 heavy (non-hydrogen) atoms. The van der Waals surface area contributed by atoms with Crippen molar-refractivity contribution in [2.24, 2.45) is 0 Å². The first-order chi connectivity index (χ1) is 10.6. The molecule has 1 N–H and O–H groups in total. The van der Waals surface area contributed by atoms with Gasteiger partial charge in [0, 0.05) is 12.5 Å². The van der Waals surface area contributed by atoms with Gasteiger partial charge in [-0.2, -0.15) is 4.57 Å². The molecule has 0 saturated heterocycles. The van der Waals surface area contributed by atoms with Crippen molar-refractivity contribution in [3.05, 3.63) is 64.1 Å². The van der Waals surface area contributed by atoms with E-state index in [1.54, 1.807) is 6.92 Å². The highest BCUT2D eigenvalue weighted by Gasteiger charge is 2.22. The van der Waals surface area contributed by atoms with Crippen LogP contribution in [0.3, 0.4) is 0 Å². The van der Waals surface area contributed by atoms with Gasteiger partial charge in [-0.05, 0) is 17.7 Å². The Hall–Kier alpha value is -1.56. The fraction of sp³-hybridized carbons (Fsp3) is 0.222. The van der Waals surface area contributed by atoms with Crippen LogP contribution in [-0.2, 0) is 6.54 Å². The Labute approximate surface area is 150 Å². The molecule has 1 unspecified atom stereocenters. The Balaban J connectivity index is 0.00000192. The van der Waals surface area contributed by atoms with Crippen LogP contribution in [0.4, 0.5) is 0 Å². The lowest BCUT2D eigenvalue weighted by Gasteiger charge is -2.04. The molecule has 0 amide bonds. The predicted octanol–water partition coefficient (Wildman–Crippen LogP) is 0.437. The number of carbonyl (C=O) groups excluding carboxylic acids is 1. The predicted molar refractivity (Wildman–Crippen MR) is 88.2 cm³/mol. The van der Waals surface area contributed by atoms with Gasteiger partial charge in [0.2, 0.25) is 17.8 Å². The molecule has 0 fully saturated rings. The van der Waals surface area contributed by atoms with E-state index in [4.69, 9.17) is 0 Å². The van der Waals surface area contributed by atoms with Gasteiger partial charge in [-0.25, -0.2) is 0 Å². The van der Waals surface area contributed by atoms with Crippen LogP contribution in [0.5, 0.6) is 0 Å². The summed E-state index contributed by atoms with van der Waals surface area (Å²) in [6, 6.07) is 13.7. The number of halogens is 1. The topological polar surface area (TPSA) is 41.2 Å². The number of carbonyl (C=O) groups is 1. The molecule has 5 heteroatoms. The molecule has 0 spiro atoms. The second-order valence-corrected chi connectivity index (χ2v) is 6.31. The number of nitrogens with zero attached hydrogens (tertiary/aromatic N) is 1. The van der Waals surface area contributed by atoms with Crippen molar-refractivity contribution >= 4 is 27.9 Å². The van der Waals surface area contributed by atoms with Gasteiger partial charge in [-0.15, -0.1) is 0 Å². The number of rotatable bonds is 4. The van der Waals surface area contributed by atoms with Crippen LogP contribution in [0.25, 0.3) is 10.8 Å². The van der Waals surface area contributed by atoms with E-state index < -0.39 is 6.10 Å². The van der Waals surface area contributed by atoms with E-state index in [1.165, 1.54) is 11.3 Å². The van der Waals surface area contributed by atoms with E-state index in [9.17, 15) is 9.90 Å². The summed E-state index contributed by atoms with van der Waals surface area (Å²) in [6.45, 7) is 3.98. The summed E-state index contributed by atoms with van der Waals surface area (Å²) in [5.41, 5.74) is 3.60. The zero-order valence-corrected chi connectivity index (χ0v) is 15.4. The summed E-state index contributed by atoms with van der Waals surface area (Å²) in [6.07, 6.45) is -0.501. The van der Waals surface area contributed by atoms with Crippen LogP contribution >= 0.6 is 11.3 Å². The number of aromatic nitrogens is 1. The maximum absolute atomic E-state index is 12.7. The van der Waals surface area contributed by atoms with Gasteiger partial charge < -0.3 is 22.1 Å². The average molecular weight is 392 g/mol. The van der Waals surface area contributed by atoms with Crippen LogP contribution in [-0.4, -0.2) is 10.9 Å². The van der Waals surface area contributed by atoms with E-state index in [-0.39, 0.29) is 22.8 Å². The Bertz CT molecular complexity index is 837. The zero-order valence-electron chi connectivity index (χ0n) is 13.0. The molecular weight excluding hydrogens is 374 g/mol. The van der Waals surface area contributed by atoms with Crippen LogP contribution in [0, 0.1) is 6.92 Å². The number of thiazole rings is 1. The van der Waals surface area contributed by atoms with Gasteiger partial charge >= 0.3 is 0 Å². The number of benzene rings is 2. The van der Waals surface area contributed by atoms with Gasteiger partial charge in [0.05, 0.1) is 6.10 Å². The van der Waals surface area contributed by atoms with Crippen LogP contribution < -0.4 is 21.5 Å². The van der Waals surface area contributed by atoms with Crippen molar-refractivity contribution in [3.63, 3.8) is 0 Å². The summed E-state index contributed by atoms with van der Waals surface area (Å²) >= 11 is 1.49. The van der Waals surface area contributed by atoms with Gasteiger partial charge in [-0.1, -0.05) is 53.8 Å². The zero-order chi connectivity index (χ0) is 15.7. The lowest BCUT2D eigenvalue weighted by Crippen LogP contribution is -3.00. The minimum Gasteiger partial charge on any atom is -1.00 e. The SMILES string of the molecule is Cc1c(C(C)O)sc[n+]1CC(=O)c1cccc2ccccc12.[Br-]. The number of hydrogen-bond donors (Lipinski definition) is 1. The highest BCUT2D eigenvalue weighted by Crippen LogP contribution is 2.21. The molecular formula is C18H18BrNO2S. The summed E-state index contributed by atoms with van der Waals surface area (Å²) < 4.78 is 1.91. The van der Waals surface area contributed by atoms with Crippen LogP contribution in [0.1, 0.15) is 34.0 Å². The molecule has 0 aliphatic heterocycles. The van der Waals surface area contributed by atoms with Crippen LogP contribution in [0.15, 0.2) is 48.0 Å². The molecule has 3 nitrogen and oxygen atoms in total. The summed E-state index contributed by atoms with van der Waals surface area (Å²) in [5.74, 6) is 0.0832. The smallest absolute Gasteiger partial charge is 0.228 e. The highest BCUT2D eigenvalue weighted by molar-refractivity contribution is 7.09. The second-order valence-electron chi connectivity index (χ2n) is 5.43. The number of hydrogen-bond acceptors (Lipinski definition) is 3. The number of aliphatic hydroxyl groups excluding tert-OH is 1. The van der Waals surface area contributed by atoms with E-state index in [0.717, 1.165) is 26.9 Å². The van der Waals surface area contributed by atoms with Crippen molar-refractivity contribution in [1.29, 1.82) is 0 Å². The summed E-state index contributed by atoms with van der Waals surface area (Å²) in [7, 11) is 0. The first-order valence-corrected chi connectivity index (χ1v) is 8.12. The molecule has 3 aromatic rings. The largest absolute Gasteiger partial charge is 1.00 e. The fourth-order valence-electron chi connectivity index (χ4n) is 2.69. The number of aliphatic hydroxyl groups is 1. The number of fused-ring (bicyclic) bond motifs is 1. The first-order valence-electron chi connectivity index (χ1n) is 7.24. The van der Waals surface area contributed by atoms with Gasteiger partial charge in [0.25, 0.3) is 0 Å². The lowest BCUT2D eigenvalue weighted by atomic mass is 10.0. The molecule has 0 radical (unpaired) electrons. The molecule has 1 atom stereocenters. The fourth-order valence-corrected chi connectivity index (χ4v) is 3.65. The molecule has 120 valence electrons. The van der Waals surface area contributed by atoms with Crippen molar-refractivity contribution < 1.29 is 31.4 Å². The van der Waals surface area contributed by atoms with E-state index >= 15 is 0 Å². The molecule has 0 saturated carbocycles. The third kappa shape index (κ3) is 3.52. The standard InChI is InChI=1S/C18H18NO2S.BrH/c1-12-18(13(2)20)22-11-19(12)10-17(21)16-9-5-7-14-6-3-4-8-15(14)16;/h3-9,11,13,20H,10H2,1-2H3;1H/q+1;/p-1. The molecule has 2 aromatic carbocycles. The van der Waals surface area contributed by atoms with E-state index in [2.05, 4.69) is 0 Å². The lowest BCUT2D eigenvalue weighted by molar-refractivity contribution is -0.684. The van der Waals surface area contributed by atoms with Gasteiger partial charge in [0.1, 0.15) is 4.88 Å². The molecule has 1 aromatic heterocycles. The number of Topliss-reactive ketones (excluding diaryl/α,β-unsaturated/α-hetero) is 1. The first kappa shape index (κ1) is 17.8. The van der Waals surface area contributed by atoms with Crippen LogP contribution in [0.2, 0.25) is 0 Å². The van der Waals surface area contributed by atoms with E-state index in [0.29, 0.717) is 6.54 Å². The molecule has 0 aliphatic rings. The minimum atomic E-state index is -0.501. The maximum atomic E-state index is 12.7. The normalized spacial score (nSPS) is 12.0. The highest BCUT2D eigenvalue weighted by atomic mass is 79.9. The maximum Gasteiger partial charge on any atom is 0.228 e. The third-order valence-corrected chi connectivity index (χ3v) is 5.13. The van der Waals surface area contributed by atoms with Crippen molar-refractivity contribution in [3.8, 4) is 0 Å². The summed E-state index contributed by atoms with van der Waals surface area (Å²) in [4.78, 5) is 13.6. The quantitative estimate of drug-likeness (QED) is 0.517. The Morgan fingerprint density at radius 3 is 2.61 bits per heavy atom. The van der Waals surface area contributed by atoms with Gasteiger partial charge in [-0.3, -0.25) is 4.79 Å². The Kier molecular flexibility index (Phi) is 5.68. The molecule has 0 aliphatic carbocycles. The average Bonchev–Trinajstić information content (AvgIpc) is 2.88. The van der Waals surface area contributed by atoms with Crippen molar-refractivity contribution in [2.75, 3.05) is 0 Å². The molecule has 1 heterocycles. The number of ketones is 1. The summed E-state index contributed by atoms with van der Waals surface area (Å²) in [5, 5.41) is 11.8. The van der Waals surface area contributed by atoms with Crippen molar-refractivity contribution in [1.82, 2.24) is 0 Å². The monoisotopic (exact) mass is 391 g/mol. The Morgan fingerprint density at radius 2 is 1.91 bits per heavy atom. The van der Waals surface area contributed by atoms with Gasteiger partial charge in [0.15, 0.2) is 5.69 Å². The minimum absolute atomic E-state index is 0. The Morgan fingerprint density at radius 1 is 1.22 bits per heavy atom. The molecule has 3 rings (SSSR count). The second kappa shape index (κ2) is 7.34. The van der Waals surface area contributed by atoms with Crippen molar-refractivity contribution in [2.45, 2.75) is 26.5 Å².